The molecule has 0 aliphatic heterocycles. The van der Waals surface area contributed by atoms with Crippen molar-refractivity contribution in [3.8, 4) is 0 Å². The van der Waals surface area contributed by atoms with Crippen molar-refractivity contribution >= 4 is 5.97 Å². The molecule has 110 valence electrons. The fourth-order valence-corrected chi connectivity index (χ4v) is 1.72. The number of hydrogen-bond acceptors (Lipinski definition) is 2. The summed E-state index contributed by atoms with van der Waals surface area (Å²) in [5.41, 5.74) is -3.87. The van der Waals surface area contributed by atoms with E-state index in [1.165, 1.54) is 13.8 Å². The SMILES string of the molecule is CCOC(=O)C1(C)CC1C=C(C(F)(F)F)C(F)(F)F. The van der Waals surface area contributed by atoms with Gasteiger partial charge in [-0.25, -0.2) is 0 Å². The van der Waals surface area contributed by atoms with Crippen LogP contribution in [0.25, 0.3) is 0 Å². The van der Waals surface area contributed by atoms with Crippen LogP contribution in [0.5, 0.6) is 0 Å². The second-order valence-electron chi connectivity index (χ2n) is 4.52. The van der Waals surface area contributed by atoms with Gasteiger partial charge in [0.15, 0.2) is 0 Å². The number of rotatable bonds is 3. The molecule has 1 aliphatic rings. The van der Waals surface area contributed by atoms with E-state index in [2.05, 4.69) is 4.74 Å². The second kappa shape index (κ2) is 4.72. The first kappa shape index (κ1) is 15.8. The van der Waals surface area contributed by atoms with Gasteiger partial charge in [0.2, 0.25) is 0 Å². The predicted molar refractivity (Wildman–Crippen MR) is 53.0 cm³/mol. The number of carbonyl (C=O) groups excluding carboxylic acids is 1. The Morgan fingerprint density at radius 2 is 1.74 bits per heavy atom. The number of hydrogen-bond donors (Lipinski definition) is 0. The molecule has 1 aliphatic carbocycles. The van der Waals surface area contributed by atoms with Crippen molar-refractivity contribution in [1.82, 2.24) is 0 Å². The molecule has 0 N–H and O–H groups in total. The molecule has 0 spiro atoms. The quantitative estimate of drug-likeness (QED) is 0.451. The van der Waals surface area contributed by atoms with E-state index in [0.29, 0.717) is 0 Å². The standard InChI is InChI=1S/C11H12F6O2/c1-3-19-8(18)9(2)5-6(9)4-7(10(12,13)14)11(15,16)17/h4,6H,3,5H2,1-2H3. The molecule has 8 heteroatoms. The van der Waals surface area contributed by atoms with Gasteiger partial charge in [0, 0.05) is 0 Å². The van der Waals surface area contributed by atoms with E-state index in [1.807, 2.05) is 0 Å². The molecule has 0 amide bonds. The van der Waals surface area contributed by atoms with Gasteiger partial charge in [-0.2, -0.15) is 26.3 Å². The van der Waals surface area contributed by atoms with Crippen LogP contribution in [0.4, 0.5) is 26.3 Å². The molecular weight excluding hydrogens is 278 g/mol. The van der Waals surface area contributed by atoms with Crippen LogP contribution in [0.2, 0.25) is 0 Å². The van der Waals surface area contributed by atoms with Crippen LogP contribution in [-0.4, -0.2) is 24.9 Å². The van der Waals surface area contributed by atoms with Crippen molar-refractivity contribution in [2.24, 2.45) is 11.3 Å². The number of alkyl halides is 6. The van der Waals surface area contributed by atoms with E-state index in [9.17, 15) is 31.1 Å². The van der Waals surface area contributed by atoms with E-state index in [-0.39, 0.29) is 19.1 Å². The highest BCUT2D eigenvalue weighted by atomic mass is 19.4. The summed E-state index contributed by atoms with van der Waals surface area (Å²) in [5.74, 6) is -1.88. The summed E-state index contributed by atoms with van der Waals surface area (Å²) >= 11 is 0. The topological polar surface area (TPSA) is 26.3 Å². The first-order valence-corrected chi connectivity index (χ1v) is 5.46. The maximum absolute atomic E-state index is 12.3. The Labute approximate surface area is 105 Å². The Morgan fingerprint density at radius 1 is 1.26 bits per heavy atom. The van der Waals surface area contributed by atoms with Gasteiger partial charge in [0.1, 0.15) is 5.57 Å². The highest BCUT2D eigenvalue weighted by Crippen LogP contribution is 2.56. The van der Waals surface area contributed by atoms with Crippen molar-refractivity contribution in [3.63, 3.8) is 0 Å². The molecule has 1 fully saturated rings. The molecule has 0 aromatic carbocycles. The molecule has 0 heterocycles. The zero-order chi connectivity index (χ0) is 15.1. The van der Waals surface area contributed by atoms with Crippen molar-refractivity contribution in [3.05, 3.63) is 11.6 Å². The minimum atomic E-state index is -5.49. The summed E-state index contributed by atoms with van der Waals surface area (Å²) in [6.45, 7) is 2.82. The van der Waals surface area contributed by atoms with Gasteiger partial charge in [0.05, 0.1) is 12.0 Å². The van der Waals surface area contributed by atoms with Crippen molar-refractivity contribution in [2.75, 3.05) is 6.61 Å². The second-order valence-corrected chi connectivity index (χ2v) is 4.52. The first-order chi connectivity index (χ1) is 8.43. The molecule has 2 nitrogen and oxygen atoms in total. The molecule has 0 saturated heterocycles. The van der Waals surface area contributed by atoms with Crippen LogP contribution < -0.4 is 0 Å². The molecule has 0 aromatic heterocycles. The lowest BCUT2D eigenvalue weighted by Crippen LogP contribution is -2.27. The van der Waals surface area contributed by atoms with Gasteiger partial charge >= 0.3 is 18.3 Å². The van der Waals surface area contributed by atoms with Gasteiger partial charge in [-0.15, -0.1) is 0 Å². The molecule has 0 aromatic rings. The monoisotopic (exact) mass is 290 g/mol. The van der Waals surface area contributed by atoms with Gasteiger partial charge in [-0.3, -0.25) is 4.79 Å². The Kier molecular flexibility index (Phi) is 3.93. The average Bonchev–Trinajstić information content (AvgIpc) is 2.85. The largest absolute Gasteiger partial charge is 0.466 e. The Bertz CT molecular complexity index is 379. The van der Waals surface area contributed by atoms with Gasteiger partial charge < -0.3 is 4.74 Å². The third-order valence-electron chi connectivity index (χ3n) is 3.02. The lowest BCUT2D eigenvalue weighted by Gasteiger charge is -2.15. The lowest BCUT2D eigenvalue weighted by atomic mass is 10.0. The van der Waals surface area contributed by atoms with E-state index in [0.717, 1.165) is 0 Å². The molecule has 1 saturated carbocycles. The minimum absolute atomic E-state index is 0.0241. The normalized spacial score (nSPS) is 26.8. The first-order valence-electron chi connectivity index (χ1n) is 5.46. The van der Waals surface area contributed by atoms with Crippen molar-refractivity contribution in [2.45, 2.75) is 32.6 Å². The molecule has 2 atom stereocenters. The number of ether oxygens (including phenoxy) is 1. The Morgan fingerprint density at radius 3 is 2.11 bits per heavy atom. The lowest BCUT2D eigenvalue weighted by molar-refractivity contribution is -0.172. The molecular formula is C11H12F6O2. The summed E-state index contributed by atoms with van der Waals surface area (Å²) in [6.07, 6.45) is -11.0. The number of allylic oxidation sites excluding steroid dienone is 2. The van der Waals surface area contributed by atoms with Crippen molar-refractivity contribution in [1.29, 1.82) is 0 Å². The summed E-state index contributed by atoms with van der Waals surface area (Å²) in [6, 6.07) is 0. The Balaban J connectivity index is 2.94. The maximum Gasteiger partial charge on any atom is 0.421 e. The van der Waals surface area contributed by atoms with Gasteiger partial charge in [0.25, 0.3) is 0 Å². The summed E-state index contributed by atoms with van der Waals surface area (Å²) < 4.78 is 78.4. The number of esters is 1. The van der Waals surface area contributed by atoms with Crippen LogP contribution in [0.3, 0.4) is 0 Å². The van der Waals surface area contributed by atoms with Crippen LogP contribution in [-0.2, 0) is 9.53 Å². The summed E-state index contributed by atoms with van der Waals surface area (Å²) in [7, 11) is 0. The van der Waals surface area contributed by atoms with E-state index < -0.39 is 35.2 Å². The number of carbonyl (C=O) groups is 1. The molecule has 1 rings (SSSR count). The van der Waals surface area contributed by atoms with Crippen LogP contribution in [0.1, 0.15) is 20.3 Å². The van der Waals surface area contributed by atoms with Crippen molar-refractivity contribution < 1.29 is 35.9 Å². The summed E-state index contributed by atoms with van der Waals surface area (Å²) in [4.78, 5) is 11.4. The van der Waals surface area contributed by atoms with E-state index in [1.54, 1.807) is 0 Å². The van der Waals surface area contributed by atoms with Gasteiger partial charge in [-0.1, -0.05) is 6.08 Å². The molecule has 19 heavy (non-hydrogen) atoms. The average molecular weight is 290 g/mol. The third kappa shape index (κ3) is 3.42. The zero-order valence-electron chi connectivity index (χ0n) is 10.2. The predicted octanol–water partition coefficient (Wildman–Crippen LogP) is 3.63. The maximum atomic E-state index is 12.3. The molecule has 0 bridgehead atoms. The van der Waals surface area contributed by atoms with E-state index >= 15 is 0 Å². The Hall–Kier alpha value is -1.21. The highest BCUT2D eigenvalue weighted by molar-refractivity contribution is 5.80. The van der Waals surface area contributed by atoms with Crippen LogP contribution in [0, 0.1) is 11.3 Å². The number of halogens is 6. The smallest absolute Gasteiger partial charge is 0.421 e. The summed E-state index contributed by atoms with van der Waals surface area (Å²) in [5, 5.41) is 0. The highest BCUT2D eigenvalue weighted by Gasteiger charge is 2.59. The van der Waals surface area contributed by atoms with Crippen LogP contribution in [0.15, 0.2) is 11.6 Å². The fraction of sp³-hybridized carbons (Fsp3) is 0.727. The van der Waals surface area contributed by atoms with Crippen LogP contribution >= 0.6 is 0 Å². The zero-order valence-corrected chi connectivity index (χ0v) is 10.2. The molecule has 0 radical (unpaired) electrons. The molecule has 2 unspecified atom stereocenters. The third-order valence-corrected chi connectivity index (χ3v) is 3.02. The fourth-order valence-electron chi connectivity index (χ4n) is 1.72. The minimum Gasteiger partial charge on any atom is -0.466 e. The van der Waals surface area contributed by atoms with E-state index in [4.69, 9.17) is 0 Å². The van der Waals surface area contributed by atoms with Gasteiger partial charge in [-0.05, 0) is 26.2 Å².